The molecule has 0 aliphatic rings. The fraction of sp³-hybridized carbons (Fsp3) is 0. The largest absolute Gasteiger partial charge is 0.426 e. The summed E-state index contributed by atoms with van der Waals surface area (Å²) in [5.41, 5.74) is 2.73. The number of nitrogens with zero attached hydrogens (tertiary/aromatic N) is 3. The highest BCUT2D eigenvalue weighted by molar-refractivity contribution is 5.99. The molecule has 0 aliphatic heterocycles. The van der Waals surface area contributed by atoms with E-state index < -0.39 is 4.92 Å². The Labute approximate surface area is 182 Å². The minimum atomic E-state index is -0.532. The van der Waals surface area contributed by atoms with Crippen molar-refractivity contribution in [3.8, 4) is 11.4 Å². The number of anilines is 1. The van der Waals surface area contributed by atoms with Crippen molar-refractivity contribution in [1.29, 1.82) is 0 Å². The number of carbonyl (C=O) groups excluding carboxylic acids is 1. The van der Waals surface area contributed by atoms with Gasteiger partial charge < -0.3 is 10.5 Å². The van der Waals surface area contributed by atoms with Gasteiger partial charge in [0.25, 0.3) is 5.69 Å². The number of imidazole rings is 1. The quantitative estimate of drug-likeness (QED) is 0.147. The van der Waals surface area contributed by atoms with Gasteiger partial charge in [0, 0.05) is 29.5 Å². The van der Waals surface area contributed by atoms with Crippen LogP contribution in [0, 0.1) is 10.1 Å². The van der Waals surface area contributed by atoms with Crippen molar-refractivity contribution in [2.24, 2.45) is 0 Å². The number of allylic oxidation sites excluding steroid dienone is 2. The van der Waals surface area contributed by atoms with E-state index in [9.17, 15) is 20.1 Å². The summed E-state index contributed by atoms with van der Waals surface area (Å²) >= 11 is 0. The number of aromatic nitrogens is 2. The lowest BCUT2D eigenvalue weighted by molar-refractivity contribution is -0.384. The summed E-state index contributed by atoms with van der Waals surface area (Å²) in [5.74, 6) is -0.0403. The zero-order chi connectivity index (χ0) is 22.5. The number of benzene rings is 3. The summed E-state index contributed by atoms with van der Waals surface area (Å²) in [4.78, 5) is 26.9. The van der Waals surface area contributed by atoms with E-state index in [0.29, 0.717) is 16.8 Å². The first kappa shape index (κ1) is 20.5. The van der Waals surface area contributed by atoms with Crippen molar-refractivity contribution in [3.63, 3.8) is 0 Å². The Kier molecular flexibility index (Phi) is 5.76. The lowest BCUT2D eigenvalue weighted by Gasteiger charge is -2.04. The lowest BCUT2D eigenvalue weighted by atomic mass is 10.2. The lowest BCUT2D eigenvalue weighted by Crippen LogP contribution is -2.07. The molecule has 0 aliphatic carbocycles. The van der Waals surface area contributed by atoms with Gasteiger partial charge in [-0.1, -0.05) is 48.6 Å². The molecule has 8 nitrogen and oxygen atoms in total. The molecule has 0 spiro atoms. The van der Waals surface area contributed by atoms with Gasteiger partial charge in [0.2, 0.25) is 5.91 Å². The molecule has 8 heteroatoms. The molecular weight excluding hydrogens is 408 g/mol. The highest BCUT2D eigenvalue weighted by Gasteiger charge is 2.15. The van der Waals surface area contributed by atoms with E-state index in [4.69, 9.17) is 0 Å². The summed E-state index contributed by atoms with van der Waals surface area (Å²) in [6.45, 7) is 0. The van der Waals surface area contributed by atoms with Gasteiger partial charge in [0.15, 0.2) is 5.82 Å². The molecule has 0 radical (unpaired) electrons. The second kappa shape index (κ2) is 8.97. The molecule has 0 saturated carbocycles. The van der Waals surface area contributed by atoms with E-state index in [1.165, 1.54) is 24.3 Å². The fourth-order valence-corrected chi connectivity index (χ4v) is 3.11. The third kappa shape index (κ3) is 4.54. The Hall–Kier alpha value is -4.72. The van der Waals surface area contributed by atoms with Crippen molar-refractivity contribution < 1.29 is 14.9 Å². The van der Waals surface area contributed by atoms with Crippen LogP contribution in [0.25, 0.3) is 28.5 Å². The molecule has 0 bridgehead atoms. The van der Waals surface area contributed by atoms with Crippen molar-refractivity contribution in [2.75, 3.05) is 5.32 Å². The number of nitro groups is 1. The Bertz CT molecular complexity index is 1340. The van der Waals surface area contributed by atoms with Crippen LogP contribution in [0.1, 0.15) is 5.56 Å². The van der Waals surface area contributed by atoms with E-state index in [0.717, 1.165) is 10.3 Å². The number of hydrogen-bond acceptors (Lipinski definition) is 5. The maximum Gasteiger partial charge on any atom is 0.271 e. The zero-order valence-corrected chi connectivity index (χ0v) is 16.8. The number of nitro benzene ring substituents is 1. The van der Waals surface area contributed by atoms with E-state index in [-0.39, 0.29) is 22.9 Å². The van der Waals surface area contributed by atoms with Gasteiger partial charge in [0.1, 0.15) is 5.52 Å². The van der Waals surface area contributed by atoms with Gasteiger partial charge in [-0.15, -0.1) is 0 Å². The van der Waals surface area contributed by atoms with Crippen LogP contribution in [0.4, 0.5) is 11.4 Å². The number of carbonyl (C=O) groups is 1. The van der Waals surface area contributed by atoms with Crippen LogP contribution >= 0.6 is 0 Å². The molecule has 158 valence electrons. The van der Waals surface area contributed by atoms with Gasteiger partial charge in [-0.05, 0) is 35.9 Å². The molecule has 0 unspecified atom stereocenters. The van der Waals surface area contributed by atoms with Crippen molar-refractivity contribution in [1.82, 2.24) is 9.71 Å². The molecule has 0 saturated heterocycles. The number of nitrogens with one attached hydrogen (secondary N) is 1. The SMILES string of the molecule is O=C(/C=C/C=C/c1ccccc1)Nc1ccc(-c2nc3ccc([N+](=O)[O-])cc3n2O)cc1. The molecule has 4 aromatic rings. The topological polar surface area (TPSA) is 110 Å². The monoisotopic (exact) mass is 426 g/mol. The first-order chi connectivity index (χ1) is 15.5. The number of hydrogen-bond donors (Lipinski definition) is 2. The third-order valence-electron chi connectivity index (χ3n) is 4.68. The molecule has 1 amide bonds. The van der Waals surface area contributed by atoms with E-state index >= 15 is 0 Å². The van der Waals surface area contributed by atoms with Crippen LogP contribution < -0.4 is 5.32 Å². The van der Waals surface area contributed by atoms with E-state index in [1.54, 1.807) is 36.4 Å². The Morgan fingerprint density at radius 1 is 1.03 bits per heavy atom. The minimum Gasteiger partial charge on any atom is -0.426 e. The average molecular weight is 426 g/mol. The summed E-state index contributed by atoms with van der Waals surface area (Å²) in [6.07, 6.45) is 6.76. The maximum atomic E-state index is 12.1. The minimum absolute atomic E-state index is 0.135. The normalized spacial score (nSPS) is 11.4. The van der Waals surface area contributed by atoms with Crippen molar-refractivity contribution in [3.05, 3.63) is 107 Å². The Morgan fingerprint density at radius 2 is 1.78 bits per heavy atom. The zero-order valence-electron chi connectivity index (χ0n) is 16.8. The predicted octanol–water partition coefficient (Wildman–Crippen LogP) is 5.06. The van der Waals surface area contributed by atoms with E-state index in [1.807, 2.05) is 36.4 Å². The average Bonchev–Trinajstić information content (AvgIpc) is 3.14. The molecule has 3 aromatic carbocycles. The third-order valence-corrected chi connectivity index (χ3v) is 4.68. The Balaban J connectivity index is 1.44. The predicted molar refractivity (Wildman–Crippen MR) is 122 cm³/mol. The molecular formula is C24H18N4O4. The second-order valence-corrected chi connectivity index (χ2v) is 6.87. The van der Waals surface area contributed by atoms with Crippen molar-refractivity contribution in [2.45, 2.75) is 0 Å². The highest BCUT2D eigenvalue weighted by Crippen LogP contribution is 2.27. The fourth-order valence-electron chi connectivity index (χ4n) is 3.11. The molecule has 1 heterocycles. The molecule has 32 heavy (non-hydrogen) atoms. The van der Waals surface area contributed by atoms with Crippen LogP contribution in [0.3, 0.4) is 0 Å². The molecule has 1 aromatic heterocycles. The Morgan fingerprint density at radius 3 is 2.50 bits per heavy atom. The summed E-state index contributed by atoms with van der Waals surface area (Å²) in [5, 5.41) is 24.1. The van der Waals surface area contributed by atoms with Crippen LogP contribution in [-0.2, 0) is 4.79 Å². The number of rotatable bonds is 6. The smallest absolute Gasteiger partial charge is 0.271 e. The van der Waals surface area contributed by atoms with E-state index in [2.05, 4.69) is 10.3 Å². The standard InChI is InChI=1S/C24H18N4O4/c29-23(9-5-4-8-17-6-2-1-3-7-17)25-19-12-10-18(11-13-19)24-26-21-15-14-20(28(31)32)16-22(21)27(24)30/h1-16,30H,(H,25,29)/b8-4+,9-5+. The molecule has 4 rings (SSSR count). The molecule has 0 atom stereocenters. The van der Waals surface area contributed by atoms with Crippen LogP contribution in [-0.4, -0.2) is 25.8 Å². The van der Waals surface area contributed by atoms with Crippen LogP contribution in [0.15, 0.2) is 91.0 Å². The van der Waals surface area contributed by atoms with Gasteiger partial charge in [-0.3, -0.25) is 14.9 Å². The summed E-state index contributed by atoms with van der Waals surface area (Å²) < 4.78 is 0.817. The first-order valence-corrected chi connectivity index (χ1v) is 9.68. The number of fused-ring (bicyclic) bond motifs is 1. The van der Waals surface area contributed by atoms with Gasteiger partial charge in [0.05, 0.1) is 10.4 Å². The number of amides is 1. The maximum absolute atomic E-state index is 12.1. The molecule has 0 fully saturated rings. The summed E-state index contributed by atoms with van der Waals surface area (Å²) in [7, 11) is 0. The van der Waals surface area contributed by atoms with Gasteiger partial charge in [-0.25, -0.2) is 4.98 Å². The van der Waals surface area contributed by atoms with Crippen molar-refractivity contribution >= 4 is 34.4 Å². The van der Waals surface area contributed by atoms with Gasteiger partial charge >= 0.3 is 0 Å². The second-order valence-electron chi connectivity index (χ2n) is 6.87. The number of non-ortho nitro benzene ring substituents is 1. The van der Waals surface area contributed by atoms with Crippen LogP contribution in [0.2, 0.25) is 0 Å². The highest BCUT2D eigenvalue weighted by atomic mass is 16.6. The first-order valence-electron chi connectivity index (χ1n) is 9.68. The van der Waals surface area contributed by atoms with Gasteiger partial charge in [-0.2, -0.15) is 4.73 Å². The molecule has 2 N–H and O–H groups in total. The summed E-state index contributed by atoms with van der Waals surface area (Å²) in [6, 6.07) is 20.6. The van der Waals surface area contributed by atoms with Crippen LogP contribution in [0.5, 0.6) is 0 Å².